The Morgan fingerprint density at radius 3 is 2.35 bits per heavy atom. The molecule has 0 fully saturated rings. The van der Waals surface area contributed by atoms with Crippen molar-refractivity contribution in [2.24, 2.45) is 0 Å². The van der Waals surface area contributed by atoms with Gasteiger partial charge in [-0.15, -0.1) is 11.3 Å². The van der Waals surface area contributed by atoms with Crippen LogP contribution in [-0.2, 0) is 0 Å². The monoisotopic (exact) mass is 251 g/mol. The van der Waals surface area contributed by atoms with Gasteiger partial charge in [0, 0.05) is 5.56 Å². The van der Waals surface area contributed by atoms with Gasteiger partial charge in [0.1, 0.15) is 5.01 Å². The minimum absolute atomic E-state index is 0.0409. The molecule has 1 aromatic carbocycles. The summed E-state index contributed by atoms with van der Waals surface area (Å²) >= 11 is 1.39. The molecule has 1 aromatic heterocycles. The molecular formula is C12H13NO3S. The molecule has 0 aliphatic heterocycles. The van der Waals surface area contributed by atoms with Crippen LogP contribution < -0.4 is 9.47 Å². The summed E-state index contributed by atoms with van der Waals surface area (Å²) in [6.07, 6.45) is 0. The van der Waals surface area contributed by atoms with Crippen LogP contribution in [0.4, 0.5) is 0 Å². The van der Waals surface area contributed by atoms with Gasteiger partial charge in [-0.25, -0.2) is 4.98 Å². The van der Waals surface area contributed by atoms with Crippen molar-refractivity contribution in [1.82, 2.24) is 4.98 Å². The summed E-state index contributed by atoms with van der Waals surface area (Å²) in [6, 6.07) is 3.76. The second-order valence-corrected chi connectivity index (χ2v) is 4.39. The fourth-order valence-corrected chi connectivity index (χ4v) is 2.36. The first kappa shape index (κ1) is 11.7. The Hall–Kier alpha value is -1.75. The van der Waals surface area contributed by atoms with Gasteiger partial charge < -0.3 is 14.6 Å². The first-order valence-corrected chi connectivity index (χ1v) is 5.91. The molecule has 17 heavy (non-hydrogen) atoms. The molecule has 0 aliphatic carbocycles. The fraction of sp³-hybridized carbons (Fsp3) is 0.250. The lowest BCUT2D eigenvalue weighted by molar-refractivity contribution is 0.355. The maximum absolute atomic E-state index is 9.28. The van der Waals surface area contributed by atoms with E-state index in [-0.39, 0.29) is 5.88 Å². The molecule has 0 aliphatic rings. The number of aryl methyl sites for hydroxylation is 1. The van der Waals surface area contributed by atoms with Gasteiger partial charge in [0.2, 0.25) is 5.88 Å². The highest BCUT2D eigenvalue weighted by Crippen LogP contribution is 2.37. The molecule has 0 atom stereocenters. The van der Waals surface area contributed by atoms with Gasteiger partial charge in [-0.2, -0.15) is 0 Å². The van der Waals surface area contributed by atoms with E-state index in [9.17, 15) is 5.11 Å². The minimum atomic E-state index is 0.0409. The Kier molecular flexibility index (Phi) is 3.19. The normalized spacial score (nSPS) is 10.3. The zero-order valence-electron chi connectivity index (χ0n) is 9.85. The van der Waals surface area contributed by atoms with Gasteiger partial charge in [-0.3, -0.25) is 0 Å². The number of thiazole rings is 1. The van der Waals surface area contributed by atoms with Crippen LogP contribution in [-0.4, -0.2) is 24.3 Å². The third-order valence-electron chi connectivity index (χ3n) is 2.45. The zero-order valence-corrected chi connectivity index (χ0v) is 10.7. The van der Waals surface area contributed by atoms with E-state index in [1.54, 1.807) is 19.6 Å². The minimum Gasteiger partial charge on any atom is -0.493 e. The van der Waals surface area contributed by atoms with Crippen molar-refractivity contribution in [3.8, 4) is 28.0 Å². The maximum Gasteiger partial charge on any atom is 0.222 e. The van der Waals surface area contributed by atoms with Crippen molar-refractivity contribution in [1.29, 1.82) is 0 Å². The summed E-state index contributed by atoms with van der Waals surface area (Å²) < 4.78 is 10.5. The average molecular weight is 251 g/mol. The quantitative estimate of drug-likeness (QED) is 0.911. The molecule has 0 spiro atoms. The molecule has 0 saturated carbocycles. The van der Waals surface area contributed by atoms with Crippen molar-refractivity contribution in [2.45, 2.75) is 6.92 Å². The molecule has 2 aromatic rings. The van der Waals surface area contributed by atoms with Crippen LogP contribution >= 0.6 is 11.3 Å². The number of hydrogen-bond donors (Lipinski definition) is 1. The van der Waals surface area contributed by atoms with Crippen molar-refractivity contribution in [3.05, 3.63) is 23.1 Å². The lowest BCUT2D eigenvalue weighted by Crippen LogP contribution is -1.93. The van der Waals surface area contributed by atoms with E-state index in [1.807, 2.05) is 19.1 Å². The summed E-state index contributed by atoms with van der Waals surface area (Å²) in [5.74, 6) is 1.39. The highest BCUT2D eigenvalue weighted by atomic mass is 32.1. The largest absolute Gasteiger partial charge is 0.493 e. The standard InChI is InChI=1S/C12H13NO3S/c1-7-4-9(15-2)10(16-3)5-8(7)12-13-11(14)6-17-12/h4-6,14H,1-3H3. The Bertz CT molecular complexity index is 537. The Morgan fingerprint density at radius 1 is 1.18 bits per heavy atom. The molecule has 0 bridgehead atoms. The highest BCUT2D eigenvalue weighted by molar-refractivity contribution is 7.13. The van der Waals surface area contributed by atoms with Crippen LogP contribution in [0.2, 0.25) is 0 Å². The number of nitrogens with zero attached hydrogens (tertiary/aromatic N) is 1. The van der Waals surface area contributed by atoms with Crippen molar-refractivity contribution in [3.63, 3.8) is 0 Å². The van der Waals surface area contributed by atoms with Gasteiger partial charge in [-0.1, -0.05) is 0 Å². The molecule has 4 nitrogen and oxygen atoms in total. The molecule has 0 saturated heterocycles. The zero-order chi connectivity index (χ0) is 12.4. The number of rotatable bonds is 3. The molecule has 0 amide bonds. The summed E-state index contributed by atoms with van der Waals surface area (Å²) in [5.41, 5.74) is 1.96. The second-order valence-electron chi connectivity index (χ2n) is 3.53. The van der Waals surface area contributed by atoms with E-state index in [2.05, 4.69) is 4.98 Å². The topological polar surface area (TPSA) is 51.6 Å². The van der Waals surface area contributed by atoms with Crippen molar-refractivity contribution >= 4 is 11.3 Å². The van der Waals surface area contributed by atoms with E-state index in [0.717, 1.165) is 16.1 Å². The molecule has 90 valence electrons. The average Bonchev–Trinajstić information content (AvgIpc) is 2.75. The van der Waals surface area contributed by atoms with E-state index in [4.69, 9.17) is 9.47 Å². The Morgan fingerprint density at radius 2 is 1.82 bits per heavy atom. The summed E-state index contributed by atoms with van der Waals surface area (Å²) in [6.45, 7) is 1.97. The first-order valence-electron chi connectivity index (χ1n) is 5.03. The number of ether oxygens (including phenoxy) is 2. The molecule has 2 rings (SSSR count). The molecule has 1 N–H and O–H groups in total. The van der Waals surface area contributed by atoms with E-state index >= 15 is 0 Å². The van der Waals surface area contributed by atoms with E-state index in [0.29, 0.717) is 11.5 Å². The van der Waals surface area contributed by atoms with Crippen LogP contribution in [0.5, 0.6) is 17.4 Å². The number of aromatic nitrogens is 1. The Balaban J connectivity index is 2.55. The van der Waals surface area contributed by atoms with Crippen molar-refractivity contribution < 1.29 is 14.6 Å². The van der Waals surface area contributed by atoms with Crippen molar-refractivity contribution in [2.75, 3.05) is 14.2 Å². The van der Waals surface area contributed by atoms with E-state index < -0.39 is 0 Å². The van der Waals surface area contributed by atoms with Crippen LogP contribution in [0.25, 0.3) is 10.6 Å². The third-order valence-corrected chi connectivity index (χ3v) is 3.32. The van der Waals surface area contributed by atoms with Crippen LogP contribution in [0.3, 0.4) is 0 Å². The molecular weight excluding hydrogens is 238 g/mol. The molecule has 0 unspecified atom stereocenters. The lowest BCUT2D eigenvalue weighted by Gasteiger charge is -2.11. The molecule has 1 heterocycles. The summed E-state index contributed by atoms with van der Waals surface area (Å²) in [5, 5.41) is 11.6. The highest BCUT2D eigenvalue weighted by Gasteiger charge is 2.12. The van der Waals surface area contributed by atoms with Gasteiger partial charge in [0.15, 0.2) is 11.5 Å². The number of benzene rings is 1. The van der Waals surface area contributed by atoms with Crippen LogP contribution in [0.15, 0.2) is 17.5 Å². The van der Waals surface area contributed by atoms with Gasteiger partial charge in [0.25, 0.3) is 0 Å². The number of hydrogen-bond acceptors (Lipinski definition) is 5. The Labute approximate surface area is 103 Å². The predicted molar refractivity (Wildman–Crippen MR) is 67.1 cm³/mol. The van der Waals surface area contributed by atoms with Gasteiger partial charge in [0.05, 0.1) is 19.6 Å². The predicted octanol–water partition coefficient (Wildman–Crippen LogP) is 2.84. The van der Waals surface area contributed by atoms with Gasteiger partial charge >= 0.3 is 0 Å². The van der Waals surface area contributed by atoms with Crippen LogP contribution in [0, 0.1) is 6.92 Å². The van der Waals surface area contributed by atoms with Gasteiger partial charge in [-0.05, 0) is 24.6 Å². The second kappa shape index (κ2) is 4.63. The fourth-order valence-electron chi connectivity index (χ4n) is 1.60. The first-order chi connectivity index (χ1) is 8.15. The summed E-state index contributed by atoms with van der Waals surface area (Å²) in [7, 11) is 3.20. The SMILES string of the molecule is COc1cc(C)c(-c2nc(O)cs2)cc1OC. The molecule has 0 radical (unpaired) electrons. The molecule has 5 heteroatoms. The van der Waals surface area contributed by atoms with E-state index in [1.165, 1.54) is 11.3 Å². The maximum atomic E-state index is 9.28. The number of methoxy groups -OCH3 is 2. The number of aromatic hydroxyl groups is 1. The van der Waals surface area contributed by atoms with Crippen LogP contribution in [0.1, 0.15) is 5.56 Å². The smallest absolute Gasteiger partial charge is 0.222 e. The lowest BCUT2D eigenvalue weighted by atomic mass is 10.1. The third kappa shape index (κ3) is 2.19. The summed E-state index contributed by atoms with van der Waals surface area (Å²) in [4.78, 5) is 4.05.